The van der Waals surface area contributed by atoms with Crippen LogP contribution in [0.2, 0.25) is 0 Å². The molecule has 0 saturated heterocycles. The van der Waals surface area contributed by atoms with Crippen molar-refractivity contribution in [2.45, 2.75) is 19.6 Å². The summed E-state index contributed by atoms with van der Waals surface area (Å²) in [6.45, 7) is 1.67. The summed E-state index contributed by atoms with van der Waals surface area (Å²) in [4.78, 5) is 29.5. The maximum absolute atomic E-state index is 12.9. The summed E-state index contributed by atoms with van der Waals surface area (Å²) in [6.07, 6.45) is -4.43. The number of nitrogens with zero attached hydrogens (tertiary/aromatic N) is 3. The summed E-state index contributed by atoms with van der Waals surface area (Å²) in [5.41, 5.74) is 0.456. The van der Waals surface area contributed by atoms with Gasteiger partial charge in [0.2, 0.25) is 0 Å². The van der Waals surface area contributed by atoms with Crippen molar-refractivity contribution in [3.63, 3.8) is 0 Å². The minimum Gasteiger partial charge on any atom is -0.336 e. The molecule has 6 nitrogen and oxygen atoms in total. The van der Waals surface area contributed by atoms with Crippen LogP contribution in [0, 0.1) is 17.0 Å². The van der Waals surface area contributed by atoms with Gasteiger partial charge in [-0.1, -0.05) is 30.3 Å². The van der Waals surface area contributed by atoms with Crippen molar-refractivity contribution in [1.29, 1.82) is 0 Å². The normalized spacial score (nSPS) is 11.4. The number of thiazole rings is 1. The Bertz CT molecular complexity index is 1090. The number of aromatic nitrogens is 1. The van der Waals surface area contributed by atoms with Crippen LogP contribution in [-0.4, -0.2) is 27.8 Å². The quantitative estimate of drug-likeness (QED) is 0.402. The number of carbonyl (C=O) groups is 1. The fourth-order valence-corrected chi connectivity index (χ4v) is 3.91. The summed E-state index contributed by atoms with van der Waals surface area (Å²) in [6, 6.07) is 10.7. The second kappa shape index (κ2) is 8.23. The molecule has 1 aromatic heterocycles. The minimum absolute atomic E-state index is 0.0307. The van der Waals surface area contributed by atoms with Gasteiger partial charge in [0.15, 0.2) is 0 Å². The SMILES string of the molecule is Cc1nc(-c2ccc(C(F)(F)F)cc2)sc1C(=O)N(C)Cc1ccccc1[N+](=O)[O-]. The molecule has 1 amide bonds. The average Bonchev–Trinajstić information content (AvgIpc) is 3.08. The first kappa shape index (κ1) is 21.4. The fraction of sp³-hybridized carbons (Fsp3) is 0.200. The lowest BCUT2D eigenvalue weighted by molar-refractivity contribution is -0.385. The Balaban J connectivity index is 1.82. The van der Waals surface area contributed by atoms with E-state index in [9.17, 15) is 28.1 Å². The van der Waals surface area contributed by atoms with E-state index < -0.39 is 16.7 Å². The Morgan fingerprint density at radius 1 is 1.17 bits per heavy atom. The van der Waals surface area contributed by atoms with Crippen LogP contribution in [0.15, 0.2) is 48.5 Å². The van der Waals surface area contributed by atoms with Gasteiger partial charge in [-0.15, -0.1) is 11.3 Å². The Morgan fingerprint density at radius 3 is 2.40 bits per heavy atom. The van der Waals surface area contributed by atoms with Crippen LogP contribution in [0.3, 0.4) is 0 Å². The van der Waals surface area contributed by atoms with Gasteiger partial charge >= 0.3 is 6.18 Å². The third-order valence-electron chi connectivity index (χ3n) is 4.39. The van der Waals surface area contributed by atoms with Crippen molar-refractivity contribution in [3.8, 4) is 10.6 Å². The molecule has 30 heavy (non-hydrogen) atoms. The van der Waals surface area contributed by atoms with Gasteiger partial charge in [0.25, 0.3) is 11.6 Å². The highest BCUT2D eigenvalue weighted by Crippen LogP contribution is 2.33. The highest BCUT2D eigenvalue weighted by atomic mass is 32.1. The molecule has 0 unspecified atom stereocenters. The number of benzene rings is 2. The van der Waals surface area contributed by atoms with Crippen LogP contribution < -0.4 is 0 Å². The molecule has 0 aliphatic heterocycles. The number of nitro groups is 1. The summed E-state index contributed by atoms with van der Waals surface area (Å²) in [5.74, 6) is -0.374. The molecule has 0 radical (unpaired) electrons. The first-order valence-corrected chi connectivity index (χ1v) is 9.52. The third kappa shape index (κ3) is 4.48. The summed E-state index contributed by atoms with van der Waals surface area (Å²) >= 11 is 1.07. The Kier molecular flexibility index (Phi) is 5.88. The highest BCUT2D eigenvalue weighted by Gasteiger charge is 2.30. The zero-order chi connectivity index (χ0) is 22.1. The van der Waals surface area contributed by atoms with E-state index in [-0.39, 0.29) is 18.1 Å². The largest absolute Gasteiger partial charge is 0.416 e. The maximum atomic E-state index is 12.9. The number of amides is 1. The first-order valence-electron chi connectivity index (χ1n) is 8.70. The fourth-order valence-electron chi connectivity index (χ4n) is 2.84. The van der Waals surface area contributed by atoms with Gasteiger partial charge in [-0.2, -0.15) is 13.2 Å². The summed E-state index contributed by atoms with van der Waals surface area (Å²) in [5, 5.41) is 11.6. The summed E-state index contributed by atoms with van der Waals surface area (Å²) in [7, 11) is 1.52. The number of rotatable bonds is 5. The lowest BCUT2D eigenvalue weighted by atomic mass is 10.1. The van der Waals surface area contributed by atoms with Crippen molar-refractivity contribution in [1.82, 2.24) is 9.88 Å². The number of para-hydroxylation sites is 1. The Hall–Kier alpha value is -3.27. The molecule has 0 saturated carbocycles. The topological polar surface area (TPSA) is 76.3 Å². The van der Waals surface area contributed by atoms with E-state index >= 15 is 0 Å². The van der Waals surface area contributed by atoms with E-state index in [1.807, 2.05) is 0 Å². The molecule has 156 valence electrons. The van der Waals surface area contributed by atoms with Gasteiger partial charge in [-0.25, -0.2) is 4.98 Å². The molecule has 0 aliphatic rings. The lowest BCUT2D eigenvalue weighted by Crippen LogP contribution is -2.26. The predicted molar refractivity (Wildman–Crippen MR) is 106 cm³/mol. The molecule has 0 aliphatic carbocycles. The number of halogens is 3. The molecular weight excluding hydrogens is 419 g/mol. The second-order valence-electron chi connectivity index (χ2n) is 6.56. The van der Waals surface area contributed by atoms with E-state index in [4.69, 9.17) is 0 Å². The monoisotopic (exact) mass is 435 g/mol. The number of carbonyl (C=O) groups excluding carboxylic acids is 1. The van der Waals surface area contributed by atoms with Crippen LogP contribution in [0.4, 0.5) is 18.9 Å². The molecular formula is C20H16F3N3O3S. The van der Waals surface area contributed by atoms with Gasteiger partial charge in [0.1, 0.15) is 9.88 Å². The van der Waals surface area contributed by atoms with Crippen molar-refractivity contribution in [2.75, 3.05) is 7.05 Å². The Morgan fingerprint density at radius 2 is 1.80 bits per heavy atom. The standard InChI is InChI=1S/C20H16F3N3O3S/c1-12-17(19(27)25(2)11-14-5-3-4-6-16(14)26(28)29)30-18(24-12)13-7-9-15(10-8-13)20(21,22)23/h3-10H,11H2,1-2H3. The maximum Gasteiger partial charge on any atom is 0.416 e. The van der Waals surface area contributed by atoms with Crippen LogP contribution in [0.25, 0.3) is 10.6 Å². The molecule has 0 N–H and O–H groups in total. The molecule has 10 heteroatoms. The smallest absolute Gasteiger partial charge is 0.336 e. The van der Waals surface area contributed by atoms with Gasteiger partial charge < -0.3 is 4.90 Å². The summed E-state index contributed by atoms with van der Waals surface area (Å²) < 4.78 is 38.2. The molecule has 0 bridgehead atoms. The van der Waals surface area contributed by atoms with Crippen LogP contribution in [-0.2, 0) is 12.7 Å². The van der Waals surface area contributed by atoms with E-state index in [1.54, 1.807) is 25.1 Å². The zero-order valence-electron chi connectivity index (χ0n) is 15.9. The minimum atomic E-state index is -4.43. The van der Waals surface area contributed by atoms with Gasteiger partial charge in [0.05, 0.1) is 22.7 Å². The molecule has 3 rings (SSSR count). The molecule has 0 spiro atoms. The van der Waals surface area contributed by atoms with Crippen LogP contribution >= 0.6 is 11.3 Å². The molecule has 3 aromatic rings. The van der Waals surface area contributed by atoms with E-state index in [1.165, 1.54) is 30.1 Å². The average molecular weight is 435 g/mol. The number of aryl methyl sites for hydroxylation is 1. The number of hydrogen-bond donors (Lipinski definition) is 0. The van der Waals surface area contributed by atoms with Crippen molar-refractivity contribution in [3.05, 3.63) is 80.3 Å². The van der Waals surface area contributed by atoms with Crippen molar-refractivity contribution in [2.24, 2.45) is 0 Å². The third-order valence-corrected chi connectivity index (χ3v) is 5.59. The number of hydrogen-bond acceptors (Lipinski definition) is 5. The van der Waals surface area contributed by atoms with E-state index in [2.05, 4.69) is 4.98 Å². The van der Waals surface area contributed by atoms with Crippen molar-refractivity contribution < 1.29 is 22.9 Å². The van der Waals surface area contributed by atoms with E-state index in [0.29, 0.717) is 26.7 Å². The van der Waals surface area contributed by atoms with Gasteiger partial charge in [-0.3, -0.25) is 14.9 Å². The highest BCUT2D eigenvalue weighted by molar-refractivity contribution is 7.17. The number of nitro benzene ring substituents is 1. The van der Waals surface area contributed by atoms with Gasteiger partial charge in [0, 0.05) is 24.2 Å². The second-order valence-corrected chi connectivity index (χ2v) is 7.55. The van der Waals surface area contributed by atoms with Crippen molar-refractivity contribution >= 4 is 22.9 Å². The molecule has 2 aromatic carbocycles. The van der Waals surface area contributed by atoms with E-state index in [0.717, 1.165) is 23.5 Å². The van der Waals surface area contributed by atoms with Crippen LogP contribution in [0.5, 0.6) is 0 Å². The number of alkyl halides is 3. The molecule has 0 atom stereocenters. The Labute approximate surface area is 173 Å². The van der Waals surface area contributed by atoms with Crippen LogP contribution in [0.1, 0.15) is 26.5 Å². The van der Waals surface area contributed by atoms with Gasteiger partial charge in [-0.05, 0) is 19.1 Å². The molecule has 1 heterocycles. The zero-order valence-corrected chi connectivity index (χ0v) is 16.8. The molecule has 0 fully saturated rings. The lowest BCUT2D eigenvalue weighted by Gasteiger charge is -2.16. The first-order chi connectivity index (χ1) is 14.1. The predicted octanol–water partition coefficient (Wildman–Crippen LogP) is 5.32.